The van der Waals surface area contributed by atoms with Crippen LogP contribution in [0.25, 0.3) is 0 Å². The smallest absolute Gasteiger partial charge is 0.255 e. The average Bonchev–Trinajstić information content (AvgIpc) is 2.64. The minimum atomic E-state index is -3.66. The van der Waals surface area contributed by atoms with Gasteiger partial charge < -0.3 is 5.32 Å². The zero-order valence-corrected chi connectivity index (χ0v) is 16.5. The number of amides is 1. The highest BCUT2D eigenvalue weighted by Crippen LogP contribution is 2.27. The largest absolute Gasteiger partial charge is 0.317 e. The molecular formula is C20H22F2N2O3S. The molecule has 2 aromatic carbocycles. The lowest BCUT2D eigenvalue weighted by Crippen LogP contribution is -2.42. The van der Waals surface area contributed by atoms with Crippen molar-refractivity contribution in [2.45, 2.75) is 25.2 Å². The summed E-state index contributed by atoms with van der Waals surface area (Å²) in [5.41, 5.74) is -0.442. The Bertz CT molecular complexity index is 947. The van der Waals surface area contributed by atoms with Gasteiger partial charge in [0.25, 0.3) is 5.91 Å². The Balaban J connectivity index is 1.78. The number of para-hydroxylation sites is 1. The fraction of sp³-hybridized carbons (Fsp3) is 0.350. The predicted octanol–water partition coefficient (Wildman–Crippen LogP) is 3.88. The highest BCUT2D eigenvalue weighted by molar-refractivity contribution is 7.89. The fourth-order valence-electron chi connectivity index (χ4n) is 3.53. The van der Waals surface area contributed by atoms with E-state index in [1.807, 2.05) is 13.8 Å². The number of hydrogen-bond donors (Lipinski definition) is 1. The molecule has 1 fully saturated rings. The summed E-state index contributed by atoms with van der Waals surface area (Å²) in [6.07, 6.45) is 0.984. The number of carbonyl (C=O) groups excluding carboxylic acids is 1. The third-order valence-electron chi connectivity index (χ3n) is 4.79. The third-order valence-corrected chi connectivity index (χ3v) is 6.64. The average molecular weight is 408 g/mol. The van der Waals surface area contributed by atoms with E-state index >= 15 is 0 Å². The number of sulfonamides is 1. The van der Waals surface area contributed by atoms with Gasteiger partial charge in [0.1, 0.15) is 17.3 Å². The highest BCUT2D eigenvalue weighted by Gasteiger charge is 2.31. The number of hydrogen-bond acceptors (Lipinski definition) is 3. The van der Waals surface area contributed by atoms with Crippen molar-refractivity contribution < 1.29 is 22.0 Å². The molecule has 1 aliphatic heterocycles. The van der Waals surface area contributed by atoms with Gasteiger partial charge in [-0.1, -0.05) is 19.9 Å². The summed E-state index contributed by atoms with van der Waals surface area (Å²) in [5.74, 6) is -1.95. The quantitative estimate of drug-likeness (QED) is 0.835. The minimum Gasteiger partial charge on any atom is -0.317 e. The molecule has 0 saturated carbocycles. The van der Waals surface area contributed by atoms with Crippen LogP contribution in [-0.4, -0.2) is 31.7 Å². The summed E-state index contributed by atoms with van der Waals surface area (Å²) < 4.78 is 54.6. The number of carbonyl (C=O) groups is 1. The predicted molar refractivity (Wildman–Crippen MR) is 102 cm³/mol. The van der Waals surface area contributed by atoms with E-state index in [-0.39, 0.29) is 22.3 Å². The monoisotopic (exact) mass is 408 g/mol. The van der Waals surface area contributed by atoms with Crippen molar-refractivity contribution in [3.05, 3.63) is 59.7 Å². The maximum atomic E-state index is 13.7. The molecule has 5 nitrogen and oxygen atoms in total. The number of rotatable bonds is 4. The van der Waals surface area contributed by atoms with Crippen LogP contribution < -0.4 is 5.32 Å². The molecule has 2 atom stereocenters. The van der Waals surface area contributed by atoms with E-state index < -0.39 is 33.3 Å². The van der Waals surface area contributed by atoms with Gasteiger partial charge in [-0.3, -0.25) is 4.79 Å². The van der Waals surface area contributed by atoms with Gasteiger partial charge in [0.05, 0.1) is 4.90 Å². The Labute approximate surface area is 163 Å². The number of nitrogens with one attached hydrogen (secondary N) is 1. The lowest BCUT2D eigenvalue weighted by molar-refractivity contribution is 0.102. The number of anilines is 1. The summed E-state index contributed by atoms with van der Waals surface area (Å²) in [7, 11) is -3.66. The van der Waals surface area contributed by atoms with Crippen LogP contribution in [0.3, 0.4) is 0 Å². The molecule has 1 aliphatic rings. The van der Waals surface area contributed by atoms with Crippen LogP contribution in [0.15, 0.2) is 47.4 Å². The number of benzene rings is 2. The van der Waals surface area contributed by atoms with Crippen LogP contribution in [-0.2, 0) is 10.0 Å². The standard InChI is InChI=1S/C20H22F2N2O3S/c1-13-10-14(2)12-24(11-13)28(26,27)16-8-6-15(7-9-16)20(25)23-19-17(21)4-3-5-18(19)22/h3-9,13-14H,10-12H2,1-2H3,(H,23,25). The van der Waals surface area contributed by atoms with E-state index in [1.54, 1.807) is 0 Å². The van der Waals surface area contributed by atoms with Crippen LogP contribution >= 0.6 is 0 Å². The van der Waals surface area contributed by atoms with Crippen molar-refractivity contribution in [3.63, 3.8) is 0 Å². The zero-order valence-electron chi connectivity index (χ0n) is 15.7. The summed E-state index contributed by atoms with van der Waals surface area (Å²) in [6.45, 7) is 4.96. The first-order valence-corrected chi connectivity index (χ1v) is 10.5. The van der Waals surface area contributed by atoms with E-state index in [1.165, 1.54) is 34.6 Å². The minimum absolute atomic E-state index is 0.0856. The molecule has 8 heteroatoms. The maximum Gasteiger partial charge on any atom is 0.255 e. The molecule has 2 aromatic rings. The fourth-order valence-corrected chi connectivity index (χ4v) is 5.21. The van der Waals surface area contributed by atoms with Crippen LogP contribution in [0.1, 0.15) is 30.6 Å². The van der Waals surface area contributed by atoms with Crippen molar-refractivity contribution in [3.8, 4) is 0 Å². The van der Waals surface area contributed by atoms with Crippen LogP contribution in [0.2, 0.25) is 0 Å². The number of piperidine rings is 1. The van der Waals surface area contributed by atoms with E-state index in [2.05, 4.69) is 5.32 Å². The molecule has 1 saturated heterocycles. The van der Waals surface area contributed by atoms with Gasteiger partial charge >= 0.3 is 0 Å². The van der Waals surface area contributed by atoms with Crippen molar-refractivity contribution in [2.24, 2.45) is 11.8 Å². The molecule has 2 unspecified atom stereocenters. The van der Waals surface area contributed by atoms with Gasteiger partial charge in [0, 0.05) is 18.7 Å². The molecule has 28 heavy (non-hydrogen) atoms. The van der Waals surface area contributed by atoms with Gasteiger partial charge in [-0.25, -0.2) is 17.2 Å². The molecule has 1 amide bonds. The molecule has 0 radical (unpaired) electrons. The van der Waals surface area contributed by atoms with Gasteiger partial charge in [-0.2, -0.15) is 4.31 Å². The third kappa shape index (κ3) is 4.23. The Morgan fingerprint density at radius 1 is 1.00 bits per heavy atom. The molecule has 3 rings (SSSR count). The second kappa shape index (κ2) is 7.97. The summed E-state index contributed by atoms with van der Waals surface area (Å²) in [6, 6.07) is 8.61. The Morgan fingerprint density at radius 3 is 2.07 bits per heavy atom. The first-order chi connectivity index (χ1) is 13.2. The zero-order chi connectivity index (χ0) is 20.5. The number of nitrogens with zero attached hydrogens (tertiary/aromatic N) is 1. The Hall–Kier alpha value is -2.32. The normalized spacial score (nSPS) is 20.7. The van der Waals surface area contributed by atoms with Crippen molar-refractivity contribution in [2.75, 3.05) is 18.4 Å². The lowest BCUT2D eigenvalue weighted by Gasteiger charge is -2.34. The van der Waals surface area contributed by atoms with Gasteiger partial charge in [-0.15, -0.1) is 0 Å². The van der Waals surface area contributed by atoms with Crippen molar-refractivity contribution >= 4 is 21.6 Å². The van der Waals surface area contributed by atoms with Crippen LogP contribution in [0, 0.1) is 23.5 Å². The second-order valence-corrected chi connectivity index (χ2v) is 9.28. The Kier molecular flexibility index (Phi) is 5.81. The highest BCUT2D eigenvalue weighted by atomic mass is 32.2. The van der Waals surface area contributed by atoms with Crippen molar-refractivity contribution in [1.29, 1.82) is 0 Å². The molecule has 0 spiro atoms. The second-order valence-electron chi connectivity index (χ2n) is 7.34. The Morgan fingerprint density at radius 2 is 1.54 bits per heavy atom. The lowest BCUT2D eigenvalue weighted by atomic mass is 9.94. The van der Waals surface area contributed by atoms with Gasteiger partial charge in [0.15, 0.2) is 0 Å². The van der Waals surface area contributed by atoms with E-state index in [4.69, 9.17) is 0 Å². The van der Waals surface area contributed by atoms with Gasteiger partial charge in [-0.05, 0) is 54.7 Å². The van der Waals surface area contributed by atoms with Crippen LogP contribution in [0.4, 0.5) is 14.5 Å². The molecule has 150 valence electrons. The summed E-state index contributed by atoms with van der Waals surface area (Å²) in [4.78, 5) is 12.3. The molecular weight excluding hydrogens is 386 g/mol. The molecule has 0 bridgehead atoms. The summed E-state index contributed by atoms with van der Waals surface area (Å²) in [5, 5.41) is 2.18. The van der Waals surface area contributed by atoms with E-state index in [9.17, 15) is 22.0 Å². The SMILES string of the molecule is CC1CC(C)CN(S(=O)(=O)c2ccc(C(=O)Nc3c(F)cccc3F)cc2)C1. The topological polar surface area (TPSA) is 66.5 Å². The molecule has 1 N–H and O–H groups in total. The molecule has 0 aliphatic carbocycles. The van der Waals surface area contributed by atoms with Crippen LogP contribution in [0.5, 0.6) is 0 Å². The van der Waals surface area contributed by atoms with E-state index in [0.717, 1.165) is 18.6 Å². The number of halogens is 2. The van der Waals surface area contributed by atoms with E-state index in [0.29, 0.717) is 13.1 Å². The first kappa shape index (κ1) is 20.4. The van der Waals surface area contributed by atoms with Gasteiger partial charge in [0.2, 0.25) is 10.0 Å². The van der Waals surface area contributed by atoms with Crippen molar-refractivity contribution in [1.82, 2.24) is 4.31 Å². The first-order valence-electron chi connectivity index (χ1n) is 9.04. The maximum absolute atomic E-state index is 13.7. The molecule has 1 heterocycles. The summed E-state index contributed by atoms with van der Waals surface area (Å²) >= 11 is 0. The molecule has 0 aromatic heterocycles.